The van der Waals surface area contributed by atoms with Gasteiger partial charge in [0.15, 0.2) is 0 Å². The molecule has 2 rings (SSSR count). The largest absolute Gasteiger partial charge is 0.133 e. The maximum atomic E-state index is 5.99. The van der Waals surface area contributed by atoms with E-state index in [9.17, 15) is 0 Å². The first-order valence-electron chi connectivity index (χ1n) is 5.20. The van der Waals surface area contributed by atoms with Crippen LogP contribution in [-0.2, 0) is 6.42 Å². The first-order valence-corrected chi connectivity index (χ1v) is 8.11. The Hall–Kier alpha value is 0.170. The second-order valence-corrected chi connectivity index (χ2v) is 8.04. The first-order chi connectivity index (χ1) is 8.06. The molecule has 0 nitrogen and oxygen atoms in total. The summed E-state index contributed by atoms with van der Waals surface area (Å²) in [6.07, 6.45) is 0.949. The van der Waals surface area contributed by atoms with Gasteiger partial charge in [-0.05, 0) is 58.6 Å². The Morgan fingerprint density at radius 1 is 1.35 bits per heavy atom. The number of hydrogen-bond acceptors (Lipinski definition) is 1. The third-order valence-corrected chi connectivity index (χ3v) is 5.19. The van der Waals surface area contributed by atoms with Crippen LogP contribution in [0.5, 0.6) is 0 Å². The van der Waals surface area contributed by atoms with Crippen LogP contribution in [-0.4, -0.2) is 0 Å². The van der Waals surface area contributed by atoms with Gasteiger partial charge in [-0.2, -0.15) is 0 Å². The van der Waals surface area contributed by atoms with Gasteiger partial charge in [-0.3, -0.25) is 0 Å². The molecule has 0 N–H and O–H groups in total. The molecule has 0 aliphatic carbocycles. The summed E-state index contributed by atoms with van der Waals surface area (Å²) in [6.45, 7) is 2.15. The van der Waals surface area contributed by atoms with Crippen LogP contribution in [0.15, 0.2) is 34.1 Å². The summed E-state index contributed by atoms with van der Waals surface area (Å²) in [6, 6.07) is 10.2. The molecule has 0 amide bonds. The van der Waals surface area contributed by atoms with E-state index in [1.807, 2.05) is 18.2 Å². The SMILES string of the molecule is Cc1sc(Br)cc1C(Br)Cc1cccc(Cl)c1. The van der Waals surface area contributed by atoms with Gasteiger partial charge in [0.25, 0.3) is 0 Å². The van der Waals surface area contributed by atoms with Crippen LogP contribution in [0.2, 0.25) is 5.02 Å². The first kappa shape index (κ1) is 13.6. The highest BCUT2D eigenvalue weighted by Gasteiger charge is 2.14. The molecule has 2 aromatic rings. The monoisotopic (exact) mass is 392 g/mol. The summed E-state index contributed by atoms with van der Waals surface area (Å²) in [5.74, 6) is 0. The zero-order valence-corrected chi connectivity index (χ0v) is 14.0. The summed E-state index contributed by atoms with van der Waals surface area (Å²) in [5.41, 5.74) is 2.60. The van der Waals surface area contributed by atoms with Crippen LogP contribution in [0, 0.1) is 6.92 Å². The fraction of sp³-hybridized carbons (Fsp3) is 0.231. The number of hydrogen-bond donors (Lipinski definition) is 0. The molecule has 17 heavy (non-hydrogen) atoms. The predicted octanol–water partition coefficient (Wildman–Crippen LogP) is 6.15. The van der Waals surface area contributed by atoms with Gasteiger partial charge in [0.1, 0.15) is 0 Å². The normalized spacial score (nSPS) is 12.7. The van der Waals surface area contributed by atoms with E-state index in [2.05, 4.69) is 50.9 Å². The molecule has 1 aromatic carbocycles. The van der Waals surface area contributed by atoms with Crippen LogP contribution >= 0.6 is 54.8 Å². The van der Waals surface area contributed by atoms with Crippen LogP contribution in [0.4, 0.5) is 0 Å². The zero-order valence-electron chi connectivity index (χ0n) is 9.21. The van der Waals surface area contributed by atoms with E-state index in [1.165, 1.54) is 19.8 Å². The van der Waals surface area contributed by atoms with Gasteiger partial charge in [-0.1, -0.05) is 39.7 Å². The standard InChI is InChI=1S/C13H11Br2ClS/c1-8-11(7-13(15)17-8)12(14)6-9-3-2-4-10(16)5-9/h2-5,7,12H,6H2,1H3. The second kappa shape index (κ2) is 5.87. The summed E-state index contributed by atoms with van der Waals surface area (Å²) in [4.78, 5) is 1.68. The van der Waals surface area contributed by atoms with Crippen molar-refractivity contribution in [3.63, 3.8) is 0 Å². The topological polar surface area (TPSA) is 0 Å². The van der Waals surface area contributed by atoms with Crippen molar-refractivity contribution in [2.24, 2.45) is 0 Å². The van der Waals surface area contributed by atoms with Crippen molar-refractivity contribution in [1.29, 1.82) is 0 Å². The smallest absolute Gasteiger partial charge is 0.0704 e. The van der Waals surface area contributed by atoms with Crippen LogP contribution in [0.25, 0.3) is 0 Å². The molecule has 0 fully saturated rings. The summed E-state index contributed by atoms with van der Waals surface area (Å²) in [5, 5.41) is 0.797. The van der Waals surface area contributed by atoms with E-state index in [0.29, 0.717) is 4.83 Å². The van der Waals surface area contributed by atoms with Crippen molar-refractivity contribution >= 4 is 54.8 Å². The number of halogens is 3. The van der Waals surface area contributed by atoms with Crippen molar-refractivity contribution in [3.8, 4) is 0 Å². The van der Waals surface area contributed by atoms with E-state index in [4.69, 9.17) is 11.6 Å². The fourth-order valence-corrected chi connectivity index (χ4v) is 4.74. The lowest BCUT2D eigenvalue weighted by Crippen LogP contribution is -1.95. The van der Waals surface area contributed by atoms with Crippen molar-refractivity contribution in [3.05, 3.63) is 55.1 Å². The maximum Gasteiger partial charge on any atom is 0.0704 e. The molecule has 0 radical (unpaired) electrons. The Labute approximate surface area is 127 Å². The van der Waals surface area contributed by atoms with Crippen molar-refractivity contribution in [2.75, 3.05) is 0 Å². The summed E-state index contributed by atoms with van der Waals surface area (Å²) in [7, 11) is 0. The van der Waals surface area contributed by atoms with Crippen molar-refractivity contribution < 1.29 is 0 Å². The van der Waals surface area contributed by atoms with Crippen LogP contribution < -0.4 is 0 Å². The lowest BCUT2D eigenvalue weighted by molar-refractivity contribution is 0.946. The third kappa shape index (κ3) is 3.57. The van der Waals surface area contributed by atoms with E-state index in [-0.39, 0.29) is 0 Å². The van der Waals surface area contributed by atoms with Crippen molar-refractivity contribution in [2.45, 2.75) is 18.2 Å². The number of benzene rings is 1. The average molecular weight is 395 g/mol. The quantitative estimate of drug-likeness (QED) is 0.548. The van der Waals surface area contributed by atoms with Gasteiger partial charge in [-0.15, -0.1) is 11.3 Å². The minimum absolute atomic E-state index is 0.337. The molecule has 1 aromatic heterocycles. The predicted molar refractivity (Wildman–Crippen MR) is 83.6 cm³/mol. The highest BCUT2D eigenvalue weighted by Crippen LogP contribution is 2.36. The lowest BCUT2D eigenvalue weighted by Gasteiger charge is -2.09. The molecule has 90 valence electrons. The number of aryl methyl sites for hydroxylation is 1. The van der Waals surface area contributed by atoms with Crippen molar-refractivity contribution in [1.82, 2.24) is 0 Å². The molecule has 1 unspecified atom stereocenters. The molecule has 4 heteroatoms. The van der Waals surface area contributed by atoms with Gasteiger partial charge < -0.3 is 0 Å². The molecule has 0 saturated heterocycles. The Morgan fingerprint density at radius 3 is 2.71 bits per heavy atom. The van der Waals surface area contributed by atoms with E-state index in [0.717, 1.165) is 11.4 Å². The number of alkyl halides is 1. The average Bonchev–Trinajstić information content (AvgIpc) is 2.58. The van der Waals surface area contributed by atoms with E-state index < -0.39 is 0 Å². The minimum Gasteiger partial charge on any atom is -0.133 e. The summed E-state index contributed by atoms with van der Waals surface area (Å²) >= 11 is 15.0. The molecule has 1 atom stereocenters. The van der Waals surface area contributed by atoms with Gasteiger partial charge >= 0.3 is 0 Å². The molecular weight excluding hydrogens is 383 g/mol. The van der Waals surface area contributed by atoms with E-state index >= 15 is 0 Å². The van der Waals surface area contributed by atoms with Gasteiger partial charge in [-0.25, -0.2) is 0 Å². The molecular formula is C13H11Br2ClS. The molecule has 0 saturated carbocycles. The van der Waals surface area contributed by atoms with Crippen LogP contribution in [0.1, 0.15) is 20.8 Å². The molecule has 0 aliphatic heterocycles. The fourth-order valence-electron chi connectivity index (χ4n) is 1.75. The minimum atomic E-state index is 0.337. The Bertz CT molecular complexity index is 522. The lowest BCUT2D eigenvalue weighted by atomic mass is 10.1. The van der Waals surface area contributed by atoms with Crippen LogP contribution in [0.3, 0.4) is 0 Å². The van der Waals surface area contributed by atoms with Gasteiger partial charge in [0, 0.05) is 14.7 Å². The molecule has 0 bridgehead atoms. The number of rotatable bonds is 3. The Balaban J connectivity index is 2.16. The second-order valence-electron chi connectivity index (χ2n) is 3.86. The molecule has 0 spiro atoms. The third-order valence-electron chi connectivity index (χ3n) is 2.57. The molecule has 0 aliphatic rings. The van der Waals surface area contributed by atoms with Gasteiger partial charge in [0.05, 0.1) is 3.79 Å². The Kier molecular flexibility index (Phi) is 4.70. The van der Waals surface area contributed by atoms with E-state index in [1.54, 1.807) is 11.3 Å². The van der Waals surface area contributed by atoms with Gasteiger partial charge in [0.2, 0.25) is 0 Å². The summed E-state index contributed by atoms with van der Waals surface area (Å²) < 4.78 is 1.18. The highest BCUT2D eigenvalue weighted by molar-refractivity contribution is 9.11. The highest BCUT2D eigenvalue weighted by atomic mass is 79.9. The molecule has 1 heterocycles. The number of thiophene rings is 1. The zero-order chi connectivity index (χ0) is 12.4. The maximum absolute atomic E-state index is 5.99. The Morgan fingerprint density at radius 2 is 2.12 bits per heavy atom.